The molecule has 4 heteroatoms. The molecule has 1 heterocycles. The van der Waals surface area contributed by atoms with E-state index in [1.54, 1.807) is 0 Å². The summed E-state index contributed by atoms with van der Waals surface area (Å²) in [5, 5.41) is 13.3. The van der Waals surface area contributed by atoms with Gasteiger partial charge in [-0.3, -0.25) is 4.90 Å². The molecule has 2 atom stereocenters. The molecule has 1 aromatic rings. The van der Waals surface area contributed by atoms with E-state index in [-0.39, 0.29) is 17.6 Å². The number of benzene rings is 1. The van der Waals surface area contributed by atoms with Gasteiger partial charge in [-0.1, -0.05) is 0 Å². The molecule has 19 heavy (non-hydrogen) atoms. The van der Waals surface area contributed by atoms with Crippen LogP contribution < -0.4 is 5.32 Å². The van der Waals surface area contributed by atoms with Gasteiger partial charge in [0.15, 0.2) is 0 Å². The van der Waals surface area contributed by atoms with Crippen LogP contribution >= 0.6 is 0 Å². The largest absolute Gasteiger partial charge is 0.508 e. The second-order valence-corrected chi connectivity index (χ2v) is 5.53. The zero-order valence-corrected chi connectivity index (χ0v) is 11.7. The zero-order chi connectivity index (χ0) is 13.8. The van der Waals surface area contributed by atoms with Gasteiger partial charge in [0.1, 0.15) is 11.6 Å². The summed E-state index contributed by atoms with van der Waals surface area (Å²) in [6.07, 6.45) is 2.46. The third-order valence-electron chi connectivity index (χ3n) is 4.05. The van der Waals surface area contributed by atoms with Gasteiger partial charge in [-0.2, -0.15) is 0 Å². The Morgan fingerprint density at radius 2 is 2.32 bits per heavy atom. The summed E-state index contributed by atoms with van der Waals surface area (Å²) in [6.45, 7) is 5.13. The molecule has 1 aliphatic heterocycles. The van der Waals surface area contributed by atoms with Crippen LogP contribution in [-0.4, -0.2) is 36.7 Å². The Labute approximate surface area is 114 Å². The highest BCUT2D eigenvalue weighted by Crippen LogP contribution is 2.29. The molecule has 2 N–H and O–H groups in total. The smallest absolute Gasteiger partial charge is 0.123 e. The number of aromatic hydroxyl groups is 1. The van der Waals surface area contributed by atoms with Gasteiger partial charge in [0, 0.05) is 18.2 Å². The first-order valence-corrected chi connectivity index (χ1v) is 6.97. The van der Waals surface area contributed by atoms with Crippen LogP contribution in [0.4, 0.5) is 4.39 Å². The third kappa shape index (κ3) is 3.67. The van der Waals surface area contributed by atoms with Crippen LogP contribution in [0, 0.1) is 11.7 Å². The summed E-state index contributed by atoms with van der Waals surface area (Å²) in [6, 6.07) is 4.15. The van der Waals surface area contributed by atoms with Gasteiger partial charge < -0.3 is 10.4 Å². The van der Waals surface area contributed by atoms with E-state index in [1.165, 1.54) is 31.0 Å². The van der Waals surface area contributed by atoms with E-state index in [0.717, 1.165) is 19.6 Å². The zero-order valence-electron chi connectivity index (χ0n) is 11.7. The molecular formula is C15H23FN2O. The Morgan fingerprint density at radius 1 is 1.53 bits per heavy atom. The van der Waals surface area contributed by atoms with E-state index < -0.39 is 0 Å². The minimum Gasteiger partial charge on any atom is -0.508 e. The minimum absolute atomic E-state index is 0.0117. The second-order valence-electron chi connectivity index (χ2n) is 5.53. The highest BCUT2D eigenvalue weighted by Gasteiger charge is 2.20. The first kappa shape index (κ1) is 14.3. The molecule has 1 aliphatic rings. The fourth-order valence-electron chi connectivity index (χ4n) is 2.74. The number of piperidine rings is 1. The SMILES string of the molecule is CC(c1cc(F)ccc1O)N(C)CC1CCCNC1. The molecule has 0 saturated carbocycles. The number of hydrogen-bond acceptors (Lipinski definition) is 3. The molecule has 1 aromatic carbocycles. The van der Waals surface area contributed by atoms with Crippen molar-refractivity contribution in [2.24, 2.45) is 5.92 Å². The highest BCUT2D eigenvalue weighted by molar-refractivity contribution is 5.34. The Hall–Kier alpha value is -1.13. The molecule has 0 spiro atoms. The number of nitrogens with zero attached hydrogens (tertiary/aromatic N) is 1. The minimum atomic E-state index is -0.299. The lowest BCUT2D eigenvalue weighted by atomic mass is 9.97. The number of phenols is 1. The fourth-order valence-corrected chi connectivity index (χ4v) is 2.74. The Bertz CT molecular complexity index is 419. The molecular weight excluding hydrogens is 243 g/mol. The van der Waals surface area contributed by atoms with Crippen LogP contribution in [0.5, 0.6) is 5.75 Å². The summed E-state index contributed by atoms with van der Waals surface area (Å²) < 4.78 is 13.3. The topological polar surface area (TPSA) is 35.5 Å². The number of rotatable bonds is 4. The van der Waals surface area contributed by atoms with E-state index in [4.69, 9.17) is 0 Å². The van der Waals surface area contributed by atoms with Gasteiger partial charge in [0.25, 0.3) is 0 Å². The van der Waals surface area contributed by atoms with Crippen molar-refractivity contribution in [2.45, 2.75) is 25.8 Å². The normalized spacial score (nSPS) is 21.6. The average Bonchev–Trinajstić information content (AvgIpc) is 2.42. The van der Waals surface area contributed by atoms with Crippen LogP contribution in [-0.2, 0) is 0 Å². The van der Waals surface area contributed by atoms with Gasteiger partial charge >= 0.3 is 0 Å². The average molecular weight is 266 g/mol. The van der Waals surface area contributed by atoms with E-state index in [0.29, 0.717) is 11.5 Å². The van der Waals surface area contributed by atoms with E-state index >= 15 is 0 Å². The van der Waals surface area contributed by atoms with Crippen molar-refractivity contribution in [3.05, 3.63) is 29.6 Å². The van der Waals surface area contributed by atoms with Gasteiger partial charge in [-0.05, 0) is 64.0 Å². The second kappa shape index (κ2) is 6.35. The molecule has 106 valence electrons. The summed E-state index contributed by atoms with van der Waals surface area (Å²) >= 11 is 0. The third-order valence-corrected chi connectivity index (χ3v) is 4.05. The highest BCUT2D eigenvalue weighted by atomic mass is 19.1. The first-order valence-electron chi connectivity index (χ1n) is 6.97. The van der Waals surface area contributed by atoms with Crippen LogP contribution in [0.2, 0.25) is 0 Å². The van der Waals surface area contributed by atoms with Crippen molar-refractivity contribution < 1.29 is 9.50 Å². The first-order chi connectivity index (χ1) is 9.08. The van der Waals surface area contributed by atoms with Gasteiger partial charge in [-0.25, -0.2) is 4.39 Å². The predicted molar refractivity (Wildman–Crippen MR) is 74.7 cm³/mol. The molecule has 3 nitrogen and oxygen atoms in total. The van der Waals surface area contributed by atoms with Crippen molar-refractivity contribution >= 4 is 0 Å². The fraction of sp³-hybridized carbons (Fsp3) is 0.600. The van der Waals surface area contributed by atoms with Crippen molar-refractivity contribution in [2.75, 3.05) is 26.7 Å². The Morgan fingerprint density at radius 3 is 3.00 bits per heavy atom. The van der Waals surface area contributed by atoms with Crippen molar-refractivity contribution in [1.29, 1.82) is 0 Å². The van der Waals surface area contributed by atoms with Crippen LogP contribution in [0.25, 0.3) is 0 Å². The number of halogens is 1. The molecule has 1 fully saturated rings. The van der Waals surface area contributed by atoms with Gasteiger partial charge in [0.2, 0.25) is 0 Å². The molecule has 0 bridgehead atoms. The van der Waals surface area contributed by atoms with Crippen molar-refractivity contribution in [3.8, 4) is 5.75 Å². The number of nitrogens with one attached hydrogen (secondary N) is 1. The molecule has 1 saturated heterocycles. The quantitative estimate of drug-likeness (QED) is 0.879. The Kier molecular flexibility index (Phi) is 4.77. The molecule has 0 radical (unpaired) electrons. The summed E-state index contributed by atoms with van der Waals surface area (Å²) in [7, 11) is 2.03. The van der Waals surface area contributed by atoms with Crippen molar-refractivity contribution in [1.82, 2.24) is 10.2 Å². The van der Waals surface area contributed by atoms with Gasteiger partial charge in [0.05, 0.1) is 0 Å². The van der Waals surface area contributed by atoms with E-state index in [2.05, 4.69) is 10.2 Å². The van der Waals surface area contributed by atoms with Gasteiger partial charge in [-0.15, -0.1) is 0 Å². The van der Waals surface area contributed by atoms with Crippen LogP contribution in [0.1, 0.15) is 31.4 Å². The van der Waals surface area contributed by atoms with Crippen molar-refractivity contribution in [3.63, 3.8) is 0 Å². The van der Waals surface area contributed by atoms with E-state index in [9.17, 15) is 9.50 Å². The number of hydrogen-bond donors (Lipinski definition) is 2. The summed E-state index contributed by atoms with van der Waals surface area (Å²) in [4.78, 5) is 2.19. The molecule has 0 aliphatic carbocycles. The molecule has 2 unspecified atom stereocenters. The predicted octanol–water partition coefficient (Wildman–Crippen LogP) is 2.52. The molecule has 0 amide bonds. The van der Waals surface area contributed by atoms with Crippen LogP contribution in [0.3, 0.4) is 0 Å². The van der Waals surface area contributed by atoms with Crippen LogP contribution in [0.15, 0.2) is 18.2 Å². The maximum atomic E-state index is 13.3. The maximum absolute atomic E-state index is 13.3. The lowest BCUT2D eigenvalue weighted by molar-refractivity contribution is 0.196. The van der Waals surface area contributed by atoms with E-state index in [1.807, 2.05) is 14.0 Å². The number of phenolic OH excluding ortho intramolecular Hbond substituents is 1. The molecule has 2 rings (SSSR count). The lowest BCUT2D eigenvalue weighted by Gasteiger charge is -2.31. The lowest BCUT2D eigenvalue weighted by Crippen LogP contribution is -2.37. The molecule has 0 aromatic heterocycles. The maximum Gasteiger partial charge on any atom is 0.123 e. The standard InChI is InChI=1S/C15H23FN2O/c1-11(14-8-13(16)5-6-15(14)19)18(2)10-12-4-3-7-17-9-12/h5-6,8,11-12,17,19H,3-4,7,9-10H2,1-2H3. The summed E-state index contributed by atoms with van der Waals surface area (Å²) in [5.41, 5.74) is 0.659. The summed E-state index contributed by atoms with van der Waals surface area (Å²) in [5.74, 6) is 0.506. The Balaban J connectivity index is 2.01. The monoisotopic (exact) mass is 266 g/mol.